The summed E-state index contributed by atoms with van der Waals surface area (Å²) in [5, 5.41) is 0. The summed E-state index contributed by atoms with van der Waals surface area (Å²) < 4.78 is 23.7. The van der Waals surface area contributed by atoms with Gasteiger partial charge in [-0.3, -0.25) is 14.2 Å². The summed E-state index contributed by atoms with van der Waals surface area (Å²) in [6.45, 7) is 8.80. The first-order valence-corrected chi connectivity index (χ1v) is 13.3. The lowest BCUT2D eigenvalue weighted by Crippen LogP contribution is -2.40. The van der Waals surface area contributed by atoms with Gasteiger partial charge in [-0.2, -0.15) is 0 Å². The normalized spacial score (nSPS) is 15.1. The van der Waals surface area contributed by atoms with Gasteiger partial charge in [0.1, 0.15) is 5.75 Å². The zero-order chi connectivity index (χ0) is 28.3. The maximum Gasteiger partial charge on any atom is 0.338 e. The van der Waals surface area contributed by atoms with Crippen LogP contribution in [0.15, 0.2) is 63.5 Å². The van der Waals surface area contributed by atoms with Crippen LogP contribution in [0.5, 0.6) is 17.2 Å². The number of benzene rings is 2. The molecule has 204 valence electrons. The van der Waals surface area contributed by atoms with Crippen molar-refractivity contribution >= 4 is 29.4 Å². The molecular formula is C29H30N2O7S. The molecule has 1 aromatic heterocycles. The Labute approximate surface area is 229 Å². The maximum absolute atomic E-state index is 13.8. The molecule has 9 nitrogen and oxygen atoms in total. The second-order valence-corrected chi connectivity index (χ2v) is 10.1. The monoisotopic (exact) mass is 550 g/mol. The number of carbonyl (C=O) groups is 2. The van der Waals surface area contributed by atoms with E-state index in [1.807, 2.05) is 19.1 Å². The Hall–Kier alpha value is -4.18. The van der Waals surface area contributed by atoms with Crippen LogP contribution in [0.3, 0.4) is 0 Å². The van der Waals surface area contributed by atoms with Crippen LogP contribution in [0.25, 0.3) is 6.08 Å². The van der Waals surface area contributed by atoms with E-state index in [9.17, 15) is 14.4 Å². The van der Waals surface area contributed by atoms with Crippen molar-refractivity contribution in [1.29, 1.82) is 0 Å². The summed E-state index contributed by atoms with van der Waals surface area (Å²) in [6.07, 6.45) is 1.38. The number of carbonyl (C=O) groups excluding carboxylic acids is 2. The minimum Gasteiger partial charge on any atom is -0.497 e. The number of hydrogen-bond donors (Lipinski definition) is 0. The van der Waals surface area contributed by atoms with E-state index in [1.54, 1.807) is 64.3 Å². The van der Waals surface area contributed by atoms with Crippen LogP contribution in [0.2, 0.25) is 0 Å². The van der Waals surface area contributed by atoms with Crippen molar-refractivity contribution < 1.29 is 28.5 Å². The highest BCUT2D eigenvalue weighted by molar-refractivity contribution is 7.07. The lowest BCUT2D eigenvalue weighted by Gasteiger charge is -2.25. The molecule has 1 aliphatic rings. The zero-order valence-corrected chi connectivity index (χ0v) is 23.5. The van der Waals surface area contributed by atoms with Gasteiger partial charge in [-0.1, -0.05) is 29.5 Å². The number of rotatable bonds is 8. The molecule has 2 aromatic carbocycles. The predicted octanol–water partition coefficient (Wildman–Crippen LogP) is 3.52. The molecule has 0 saturated carbocycles. The Morgan fingerprint density at radius 3 is 2.46 bits per heavy atom. The second kappa shape index (κ2) is 11.7. The van der Waals surface area contributed by atoms with Crippen molar-refractivity contribution in [1.82, 2.24) is 4.57 Å². The van der Waals surface area contributed by atoms with Crippen LogP contribution < -0.4 is 29.1 Å². The van der Waals surface area contributed by atoms with Crippen LogP contribution in [0.1, 0.15) is 51.8 Å². The first-order chi connectivity index (χ1) is 18.6. The van der Waals surface area contributed by atoms with E-state index < -0.39 is 18.0 Å². The second-order valence-electron chi connectivity index (χ2n) is 9.04. The van der Waals surface area contributed by atoms with E-state index in [0.29, 0.717) is 50.0 Å². The molecule has 0 radical (unpaired) electrons. The van der Waals surface area contributed by atoms with Crippen molar-refractivity contribution in [3.05, 3.63) is 84.5 Å². The van der Waals surface area contributed by atoms with Crippen LogP contribution in [-0.2, 0) is 14.3 Å². The predicted molar refractivity (Wildman–Crippen MR) is 147 cm³/mol. The molecule has 0 unspecified atom stereocenters. The van der Waals surface area contributed by atoms with Crippen LogP contribution >= 0.6 is 11.3 Å². The fraction of sp³-hybridized carbons (Fsp3) is 0.310. The van der Waals surface area contributed by atoms with Crippen LogP contribution in [-0.4, -0.2) is 36.3 Å². The number of hydrogen-bond acceptors (Lipinski definition) is 9. The SMILES string of the molecule is CCOc1cc(/C=c2\sc3n(c2=O)[C@H](c2ccc(OC)cc2)C(C(=O)OC(C)C)=C(C)N=3)ccc1OC(C)=O. The minimum atomic E-state index is -0.731. The van der Waals surface area contributed by atoms with Crippen molar-refractivity contribution in [2.24, 2.45) is 4.99 Å². The first-order valence-electron chi connectivity index (χ1n) is 12.5. The van der Waals surface area contributed by atoms with Crippen molar-refractivity contribution in [2.75, 3.05) is 13.7 Å². The number of aromatic nitrogens is 1. The molecule has 1 atom stereocenters. The van der Waals surface area contributed by atoms with Gasteiger partial charge >= 0.3 is 11.9 Å². The molecule has 0 bridgehead atoms. The van der Waals surface area contributed by atoms with E-state index in [4.69, 9.17) is 18.9 Å². The molecule has 0 amide bonds. The summed E-state index contributed by atoms with van der Waals surface area (Å²) in [6, 6.07) is 11.5. The highest BCUT2D eigenvalue weighted by Gasteiger charge is 2.33. The molecule has 0 fully saturated rings. The molecular weight excluding hydrogens is 520 g/mol. The van der Waals surface area contributed by atoms with Crippen molar-refractivity contribution in [3.63, 3.8) is 0 Å². The Balaban J connectivity index is 1.88. The van der Waals surface area contributed by atoms with Crippen molar-refractivity contribution in [2.45, 2.75) is 46.8 Å². The van der Waals surface area contributed by atoms with Crippen LogP contribution in [0, 0.1) is 0 Å². The summed E-state index contributed by atoms with van der Waals surface area (Å²) in [5.74, 6) is 0.355. The lowest BCUT2D eigenvalue weighted by atomic mass is 9.96. The first kappa shape index (κ1) is 27.8. The number of nitrogens with zero attached hydrogens (tertiary/aromatic N) is 2. The van der Waals surface area contributed by atoms with Crippen molar-refractivity contribution in [3.8, 4) is 17.2 Å². The Morgan fingerprint density at radius 1 is 1.13 bits per heavy atom. The molecule has 3 aromatic rings. The van der Waals surface area contributed by atoms with Gasteiger partial charge in [-0.25, -0.2) is 9.79 Å². The minimum absolute atomic E-state index is 0.298. The molecule has 1 aliphatic heterocycles. The van der Waals surface area contributed by atoms with Gasteiger partial charge in [-0.05, 0) is 69.2 Å². The van der Waals surface area contributed by atoms with E-state index >= 15 is 0 Å². The molecule has 39 heavy (non-hydrogen) atoms. The van der Waals surface area contributed by atoms with E-state index in [-0.39, 0.29) is 11.7 Å². The lowest BCUT2D eigenvalue weighted by molar-refractivity contribution is -0.143. The van der Waals surface area contributed by atoms with Gasteiger partial charge in [0.2, 0.25) is 0 Å². The molecule has 0 aliphatic carbocycles. The standard InChI is InChI=1S/C29H30N2O7S/c1-7-36-23-14-19(8-13-22(23)38-18(5)32)15-24-27(33)31-26(20-9-11-21(35-6)12-10-20)25(28(34)37-16(2)3)17(4)30-29(31)39-24/h8-16,26H,7H2,1-6H3/b24-15-/t26-/m1/s1. The number of allylic oxidation sites excluding steroid dienone is 1. The Bertz CT molecular complexity index is 1610. The molecule has 0 N–H and O–H groups in total. The molecule has 2 heterocycles. The third-order valence-corrected chi connectivity index (χ3v) is 6.82. The maximum atomic E-state index is 13.8. The zero-order valence-electron chi connectivity index (χ0n) is 22.6. The summed E-state index contributed by atoms with van der Waals surface area (Å²) in [5.41, 5.74) is 1.88. The quantitative estimate of drug-likeness (QED) is 0.312. The average molecular weight is 551 g/mol. The van der Waals surface area contributed by atoms with Gasteiger partial charge in [0.15, 0.2) is 16.3 Å². The summed E-state index contributed by atoms with van der Waals surface area (Å²) in [4.78, 5) is 43.6. The Kier molecular flexibility index (Phi) is 8.35. The number of methoxy groups -OCH3 is 1. The number of thiazole rings is 1. The van der Waals surface area contributed by atoms with E-state index in [0.717, 1.165) is 5.56 Å². The van der Waals surface area contributed by atoms with E-state index in [1.165, 1.54) is 22.8 Å². The third-order valence-electron chi connectivity index (χ3n) is 5.83. The van der Waals surface area contributed by atoms with Gasteiger partial charge in [-0.15, -0.1) is 0 Å². The smallest absolute Gasteiger partial charge is 0.338 e. The van der Waals surface area contributed by atoms with E-state index in [2.05, 4.69) is 4.99 Å². The molecule has 0 saturated heterocycles. The summed E-state index contributed by atoms with van der Waals surface area (Å²) in [7, 11) is 1.57. The van der Waals surface area contributed by atoms with Gasteiger partial charge in [0.05, 0.1) is 41.7 Å². The number of fused-ring (bicyclic) bond motifs is 1. The molecule has 0 spiro atoms. The summed E-state index contributed by atoms with van der Waals surface area (Å²) >= 11 is 1.22. The van der Waals surface area contributed by atoms with Gasteiger partial charge < -0.3 is 18.9 Å². The average Bonchev–Trinajstić information content (AvgIpc) is 3.18. The fourth-order valence-electron chi connectivity index (χ4n) is 4.24. The van der Waals surface area contributed by atoms with Gasteiger partial charge in [0, 0.05) is 6.92 Å². The largest absolute Gasteiger partial charge is 0.497 e. The molecule has 4 rings (SSSR count). The third kappa shape index (κ3) is 5.96. The fourth-order valence-corrected chi connectivity index (χ4v) is 5.28. The topological polar surface area (TPSA) is 105 Å². The highest BCUT2D eigenvalue weighted by Crippen LogP contribution is 2.32. The Morgan fingerprint density at radius 2 is 1.85 bits per heavy atom. The number of ether oxygens (including phenoxy) is 4. The van der Waals surface area contributed by atoms with Gasteiger partial charge in [0.25, 0.3) is 5.56 Å². The van der Waals surface area contributed by atoms with Crippen LogP contribution in [0.4, 0.5) is 0 Å². The molecule has 10 heteroatoms. The highest BCUT2D eigenvalue weighted by atomic mass is 32.1. The number of esters is 2.